The van der Waals surface area contributed by atoms with Gasteiger partial charge in [-0.05, 0) is 30.2 Å². The molecule has 18 heavy (non-hydrogen) atoms. The number of rotatable bonds is 4. The Hall–Kier alpha value is -2.36. The third-order valence-corrected chi connectivity index (χ3v) is 2.71. The van der Waals surface area contributed by atoms with Gasteiger partial charge in [-0.1, -0.05) is 24.3 Å². The number of carboxylic acid groups (broad SMARTS) is 1. The summed E-state index contributed by atoms with van der Waals surface area (Å²) < 4.78 is 1.88. The lowest BCUT2D eigenvalue weighted by molar-refractivity contribution is -0.131. The van der Waals surface area contributed by atoms with E-state index in [0.29, 0.717) is 6.54 Å². The normalized spacial score (nSPS) is 10.9. The number of benzene rings is 1. The van der Waals surface area contributed by atoms with Gasteiger partial charge in [0.1, 0.15) is 0 Å². The fraction of sp³-hybridized carbons (Fsp3) is 0.143. The van der Waals surface area contributed by atoms with Crippen molar-refractivity contribution in [3.63, 3.8) is 0 Å². The van der Waals surface area contributed by atoms with E-state index >= 15 is 0 Å². The minimum atomic E-state index is -0.944. The molecule has 92 valence electrons. The molecule has 0 saturated carbocycles. The van der Waals surface area contributed by atoms with Crippen LogP contribution in [-0.2, 0) is 11.3 Å². The largest absolute Gasteiger partial charge is 0.478 e. The van der Waals surface area contributed by atoms with E-state index < -0.39 is 5.97 Å². The molecule has 0 aliphatic heterocycles. The predicted molar refractivity (Wildman–Crippen MR) is 69.2 cm³/mol. The summed E-state index contributed by atoms with van der Waals surface area (Å²) in [5.41, 5.74) is 3.02. The zero-order valence-electron chi connectivity index (χ0n) is 10.1. The Morgan fingerprint density at radius 2 is 2.17 bits per heavy atom. The number of carboxylic acids is 1. The molecule has 2 aromatic rings. The Bertz CT molecular complexity index is 585. The van der Waals surface area contributed by atoms with Gasteiger partial charge in [0, 0.05) is 18.0 Å². The van der Waals surface area contributed by atoms with Crippen LogP contribution in [0.2, 0.25) is 0 Å². The van der Waals surface area contributed by atoms with Crippen LogP contribution in [0, 0.1) is 6.92 Å². The van der Waals surface area contributed by atoms with Crippen LogP contribution in [0.1, 0.15) is 16.8 Å². The van der Waals surface area contributed by atoms with Gasteiger partial charge in [0.2, 0.25) is 0 Å². The summed E-state index contributed by atoms with van der Waals surface area (Å²) in [6.45, 7) is 2.63. The smallest absolute Gasteiger partial charge is 0.328 e. The highest BCUT2D eigenvalue weighted by atomic mass is 16.4. The van der Waals surface area contributed by atoms with Gasteiger partial charge in [0.05, 0.1) is 6.54 Å². The van der Waals surface area contributed by atoms with Crippen LogP contribution in [0.15, 0.2) is 42.6 Å². The molecule has 0 aliphatic carbocycles. The van der Waals surface area contributed by atoms with Crippen molar-refractivity contribution in [1.82, 2.24) is 9.78 Å². The van der Waals surface area contributed by atoms with Gasteiger partial charge in [0.25, 0.3) is 0 Å². The van der Waals surface area contributed by atoms with Crippen LogP contribution in [0.5, 0.6) is 0 Å². The summed E-state index contributed by atoms with van der Waals surface area (Å²) >= 11 is 0. The molecule has 1 aromatic heterocycles. The van der Waals surface area contributed by atoms with Crippen LogP contribution < -0.4 is 0 Å². The molecule has 0 bridgehead atoms. The molecule has 2 rings (SSSR count). The highest BCUT2D eigenvalue weighted by Crippen LogP contribution is 2.13. The summed E-state index contributed by atoms with van der Waals surface area (Å²) in [4.78, 5) is 10.6. The number of aromatic nitrogens is 2. The average Bonchev–Trinajstić information content (AvgIpc) is 2.74. The first kappa shape index (κ1) is 12.1. The predicted octanol–water partition coefficient (Wildman–Crippen LogP) is 2.34. The maximum Gasteiger partial charge on any atom is 0.328 e. The average molecular weight is 242 g/mol. The minimum Gasteiger partial charge on any atom is -0.478 e. The topological polar surface area (TPSA) is 55.1 Å². The summed E-state index contributed by atoms with van der Waals surface area (Å²) in [7, 11) is 0. The molecule has 0 spiro atoms. The maximum absolute atomic E-state index is 10.6. The van der Waals surface area contributed by atoms with E-state index in [1.54, 1.807) is 12.3 Å². The zero-order chi connectivity index (χ0) is 13.0. The minimum absolute atomic E-state index is 0.638. The summed E-state index contributed by atoms with van der Waals surface area (Å²) in [6.07, 6.45) is 4.51. The number of aliphatic carboxylic acids is 1. The standard InChI is InChI=1S/C14H14N2O2/c1-11-8-9-15-16(11)10-13-5-3-2-4-12(13)6-7-14(17)18/h2-9H,10H2,1H3,(H,17,18). The van der Waals surface area contributed by atoms with E-state index in [1.807, 2.05) is 41.9 Å². The molecule has 0 amide bonds. The van der Waals surface area contributed by atoms with Gasteiger partial charge in [-0.2, -0.15) is 5.10 Å². The fourth-order valence-electron chi connectivity index (χ4n) is 1.73. The lowest BCUT2D eigenvalue weighted by Crippen LogP contribution is -2.04. The van der Waals surface area contributed by atoms with Crippen LogP contribution >= 0.6 is 0 Å². The van der Waals surface area contributed by atoms with Crippen LogP contribution in [0.3, 0.4) is 0 Å². The summed E-state index contributed by atoms with van der Waals surface area (Å²) in [5, 5.41) is 12.9. The first-order chi connectivity index (χ1) is 8.66. The van der Waals surface area contributed by atoms with Gasteiger partial charge in [-0.15, -0.1) is 0 Å². The second kappa shape index (κ2) is 5.31. The number of nitrogens with zero attached hydrogens (tertiary/aromatic N) is 2. The van der Waals surface area contributed by atoms with Crippen molar-refractivity contribution in [1.29, 1.82) is 0 Å². The molecule has 0 aliphatic rings. The van der Waals surface area contributed by atoms with Crippen LogP contribution in [0.4, 0.5) is 0 Å². The number of aryl methyl sites for hydroxylation is 1. The molecule has 0 fully saturated rings. The van der Waals surface area contributed by atoms with Crippen molar-refractivity contribution >= 4 is 12.0 Å². The van der Waals surface area contributed by atoms with E-state index in [2.05, 4.69) is 5.10 Å². The molecular formula is C14H14N2O2. The number of hydrogen-bond donors (Lipinski definition) is 1. The lowest BCUT2D eigenvalue weighted by Gasteiger charge is -2.07. The van der Waals surface area contributed by atoms with Crippen molar-refractivity contribution in [3.05, 3.63) is 59.4 Å². The Morgan fingerprint density at radius 1 is 1.39 bits per heavy atom. The van der Waals surface area contributed by atoms with Gasteiger partial charge >= 0.3 is 5.97 Å². The summed E-state index contributed by atoms with van der Waals surface area (Å²) in [6, 6.07) is 9.64. The Balaban J connectivity index is 2.28. The van der Waals surface area contributed by atoms with Gasteiger partial charge in [0.15, 0.2) is 0 Å². The molecule has 0 unspecified atom stereocenters. The first-order valence-electron chi connectivity index (χ1n) is 5.64. The third-order valence-electron chi connectivity index (χ3n) is 2.71. The monoisotopic (exact) mass is 242 g/mol. The SMILES string of the molecule is Cc1ccnn1Cc1ccccc1C=CC(=O)O. The molecule has 1 heterocycles. The molecule has 0 radical (unpaired) electrons. The van der Waals surface area contributed by atoms with Crippen molar-refractivity contribution in [2.45, 2.75) is 13.5 Å². The van der Waals surface area contributed by atoms with Gasteiger partial charge < -0.3 is 5.11 Å². The van der Waals surface area contributed by atoms with Crippen LogP contribution in [0.25, 0.3) is 6.08 Å². The van der Waals surface area contributed by atoms with Crippen molar-refractivity contribution < 1.29 is 9.90 Å². The second-order valence-electron chi connectivity index (χ2n) is 4.00. The van der Waals surface area contributed by atoms with E-state index in [0.717, 1.165) is 22.9 Å². The Labute approximate surface area is 105 Å². The second-order valence-corrected chi connectivity index (χ2v) is 4.00. The molecule has 1 aromatic carbocycles. The molecule has 4 heteroatoms. The first-order valence-corrected chi connectivity index (χ1v) is 5.64. The zero-order valence-corrected chi connectivity index (χ0v) is 10.1. The van der Waals surface area contributed by atoms with Crippen molar-refractivity contribution in [3.8, 4) is 0 Å². The van der Waals surface area contributed by atoms with Gasteiger partial charge in [-0.3, -0.25) is 4.68 Å². The molecule has 0 saturated heterocycles. The fourth-order valence-corrected chi connectivity index (χ4v) is 1.73. The molecule has 1 N–H and O–H groups in total. The highest BCUT2D eigenvalue weighted by molar-refractivity contribution is 5.85. The Kier molecular flexibility index (Phi) is 3.57. The summed E-state index contributed by atoms with van der Waals surface area (Å²) in [5.74, 6) is -0.944. The van der Waals surface area contributed by atoms with E-state index in [1.165, 1.54) is 0 Å². The lowest BCUT2D eigenvalue weighted by atomic mass is 10.1. The number of hydrogen-bond acceptors (Lipinski definition) is 2. The molecular weight excluding hydrogens is 228 g/mol. The highest BCUT2D eigenvalue weighted by Gasteiger charge is 2.03. The Morgan fingerprint density at radius 3 is 2.83 bits per heavy atom. The molecule has 4 nitrogen and oxygen atoms in total. The quantitative estimate of drug-likeness (QED) is 0.837. The van der Waals surface area contributed by atoms with Gasteiger partial charge in [-0.25, -0.2) is 4.79 Å². The number of carbonyl (C=O) groups is 1. The van der Waals surface area contributed by atoms with E-state index in [4.69, 9.17) is 5.11 Å². The molecule has 0 atom stereocenters. The van der Waals surface area contributed by atoms with E-state index in [9.17, 15) is 4.79 Å². The maximum atomic E-state index is 10.6. The van der Waals surface area contributed by atoms with E-state index in [-0.39, 0.29) is 0 Å². The van der Waals surface area contributed by atoms with Crippen molar-refractivity contribution in [2.24, 2.45) is 0 Å². The van der Waals surface area contributed by atoms with Crippen molar-refractivity contribution in [2.75, 3.05) is 0 Å². The van der Waals surface area contributed by atoms with Crippen LogP contribution in [-0.4, -0.2) is 20.9 Å². The third kappa shape index (κ3) is 2.85.